The summed E-state index contributed by atoms with van der Waals surface area (Å²) in [5.74, 6) is -0.0995. The van der Waals surface area contributed by atoms with Gasteiger partial charge in [-0.05, 0) is 123 Å². The van der Waals surface area contributed by atoms with Gasteiger partial charge in [-0.2, -0.15) is 0 Å². The molecule has 0 aromatic carbocycles. The zero-order chi connectivity index (χ0) is 46.5. The fourth-order valence-electron chi connectivity index (χ4n) is 8.51. The van der Waals surface area contributed by atoms with E-state index in [9.17, 15) is 14.7 Å². The molecule has 0 aromatic heterocycles. The molecule has 0 aliphatic heterocycles. The molecule has 64 heavy (non-hydrogen) atoms. The fraction of sp³-hybridized carbons (Fsp3) is 0.895. The topological polar surface area (TPSA) is 94.1 Å². The quantitative estimate of drug-likeness (QED) is 0.0357. The summed E-state index contributed by atoms with van der Waals surface area (Å²) in [4.78, 5) is 24.5. The van der Waals surface area contributed by atoms with E-state index in [0.717, 1.165) is 135 Å². The van der Waals surface area contributed by atoms with E-state index in [0.29, 0.717) is 26.1 Å². The Morgan fingerprint density at radius 1 is 0.406 bits per heavy atom. The molecule has 0 spiro atoms. The lowest BCUT2D eigenvalue weighted by Crippen LogP contribution is -2.29. The number of nitrogens with one attached hydrogen (secondary N) is 1. The van der Waals surface area contributed by atoms with Crippen molar-refractivity contribution in [1.29, 1.82) is 0 Å². The maximum Gasteiger partial charge on any atom is 0.305 e. The fourth-order valence-corrected chi connectivity index (χ4v) is 8.51. The third-order valence-corrected chi connectivity index (χ3v) is 12.8. The zero-order valence-electron chi connectivity index (χ0n) is 43.0. The highest BCUT2D eigenvalue weighted by Gasteiger charge is 2.25. The maximum atomic E-state index is 12.3. The standard InChI is InChI=1S/C57H109NO6/c1-4-7-9-11-13-15-17-19-21-23-25-27-29-31-37-45-55(59)63-52-43-35-33-39-47-57(61,49-41-42-50-58-51-54-62-6-3)48-40-34-36-44-53-64-56(60)46-38-32-30-28-26-24-22-20-18-16-14-12-10-8-5-2/h19-22,58,61H,4-18,23-54H2,1-3H3/b21-19-,22-20-. The van der Waals surface area contributed by atoms with Crippen LogP contribution in [0, 0.1) is 0 Å². The SMILES string of the molecule is CCCCCCCC/C=C\CCCCCCCC(=O)OCCCCCCC(O)(CCCCCCOC(=O)CCCCCCC/C=C\CCCCCCCC)CCCCNCCOCC. The molecule has 0 amide bonds. The van der Waals surface area contributed by atoms with Crippen molar-refractivity contribution in [3.05, 3.63) is 24.3 Å². The first-order valence-electron chi connectivity index (χ1n) is 28.1. The molecule has 0 heterocycles. The van der Waals surface area contributed by atoms with Gasteiger partial charge in [-0.15, -0.1) is 0 Å². The van der Waals surface area contributed by atoms with Gasteiger partial charge in [0.15, 0.2) is 0 Å². The normalized spacial score (nSPS) is 12.0. The van der Waals surface area contributed by atoms with Crippen molar-refractivity contribution in [3.8, 4) is 0 Å². The number of ether oxygens (including phenoxy) is 3. The maximum absolute atomic E-state index is 12.3. The van der Waals surface area contributed by atoms with E-state index in [-0.39, 0.29) is 11.9 Å². The molecule has 0 aromatic rings. The molecule has 0 aliphatic rings. The van der Waals surface area contributed by atoms with E-state index in [1.165, 1.54) is 141 Å². The van der Waals surface area contributed by atoms with Crippen LogP contribution in [-0.2, 0) is 23.8 Å². The largest absolute Gasteiger partial charge is 0.466 e. The molecule has 0 unspecified atom stereocenters. The van der Waals surface area contributed by atoms with Gasteiger partial charge >= 0.3 is 11.9 Å². The van der Waals surface area contributed by atoms with Crippen LogP contribution in [-0.4, -0.2) is 62.2 Å². The van der Waals surface area contributed by atoms with Crippen molar-refractivity contribution < 1.29 is 28.9 Å². The highest BCUT2D eigenvalue weighted by atomic mass is 16.5. The van der Waals surface area contributed by atoms with Crippen LogP contribution in [0.4, 0.5) is 0 Å². The molecular formula is C57H109NO6. The zero-order valence-corrected chi connectivity index (χ0v) is 43.0. The second-order valence-electron chi connectivity index (χ2n) is 19.1. The predicted molar refractivity (Wildman–Crippen MR) is 275 cm³/mol. The van der Waals surface area contributed by atoms with Crippen LogP contribution in [0.2, 0.25) is 0 Å². The van der Waals surface area contributed by atoms with Crippen molar-refractivity contribution in [2.75, 3.05) is 39.5 Å². The lowest BCUT2D eigenvalue weighted by atomic mass is 9.85. The van der Waals surface area contributed by atoms with Gasteiger partial charge < -0.3 is 24.6 Å². The lowest BCUT2D eigenvalue weighted by molar-refractivity contribution is -0.144. The summed E-state index contributed by atoms with van der Waals surface area (Å²) in [6.07, 6.45) is 55.7. The molecule has 0 saturated carbocycles. The molecule has 0 atom stereocenters. The lowest BCUT2D eigenvalue weighted by Gasteiger charge is -2.29. The van der Waals surface area contributed by atoms with E-state index in [4.69, 9.17) is 14.2 Å². The Morgan fingerprint density at radius 3 is 1.16 bits per heavy atom. The minimum absolute atomic E-state index is 0.0497. The van der Waals surface area contributed by atoms with E-state index in [2.05, 4.69) is 43.5 Å². The first kappa shape index (κ1) is 62.3. The third kappa shape index (κ3) is 49.7. The summed E-state index contributed by atoms with van der Waals surface area (Å²) < 4.78 is 16.5. The Labute approximate surface area is 398 Å². The second-order valence-corrected chi connectivity index (χ2v) is 19.1. The van der Waals surface area contributed by atoms with Gasteiger partial charge in [-0.3, -0.25) is 9.59 Å². The predicted octanol–water partition coefficient (Wildman–Crippen LogP) is 16.6. The van der Waals surface area contributed by atoms with Gasteiger partial charge in [-0.1, -0.05) is 179 Å². The van der Waals surface area contributed by atoms with Crippen LogP contribution in [0.3, 0.4) is 0 Å². The number of hydrogen-bond acceptors (Lipinski definition) is 7. The molecule has 0 radical (unpaired) electrons. The van der Waals surface area contributed by atoms with Crippen molar-refractivity contribution >= 4 is 11.9 Å². The summed E-state index contributed by atoms with van der Waals surface area (Å²) in [7, 11) is 0. The molecule has 2 N–H and O–H groups in total. The van der Waals surface area contributed by atoms with Crippen molar-refractivity contribution in [1.82, 2.24) is 5.32 Å². The molecule has 0 fully saturated rings. The smallest absolute Gasteiger partial charge is 0.305 e. The Hall–Kier alpha value is -1.70. The van der Waals surface area contributed by atoms with Crippen LogP contribution < -0.4 is 5.32 Å². The number of rotatable bonds is 53. The number of esters is 2. The summed E-state index contributed by atoms with van der Waals surface area (Å²) in [6, 6.07) is 0. The Balaban J connectivity index is 4.04. The van der Waals surface area contributed by atoms with E-state index < -0.39 is 5.60 Å². The summed E-state index contributed by atoms with van der Waals surface area (Å²) >= 11 is 0. The number of carbonyl (C=O) groups excluding carboxylic acids is 2. The molecule has 7 nitrogen and oxygen atoms in total. The molecule has 0 saturated heterocycles. The van der Waals surface area contributed by atoms with Crippen molar-refractivity contribution in [3.63, 3.8) is 0 Å². The highest BCUT2D eigenvalue weighted by Crippen LogP contribution is 2.28. The molecule has 7 heteroatoms. The van der Waals surface area contributed by atoms with Crippen LogP contribution in [0.1, 0.15) is 284 Å². The Morgan fingerprint density at radius 2 is 0.750 bits per heavy atom. The van der Waals surface area contributed by atoms with Gasteiger partial charge in [0, 0.05) is 26.0 Å². The summed E-state index contributed by atoms with van der Waals surface area (Å²) in [5, 5.41) is 15.2. The van der Waals surface area contributed by atoms with Gasteiger partial charge in [0.2, 0.25) is 0 Å². The molecule has 0 aliphatic carbocycles. The number of aliphatic hydroxyl groups is 1. The van der Waals surface area contributed by atoms with Gasteiger partial charge in [-0.25, -0.2) is 0 Å². The first-order valence-corrected chi connectivity index (χ1v) is 28.1. The van der Waals surface area contributed by atoms with E-state index in [1.54, 1.807) is 0 Å². The highest BCUT2D eigenvalue weighted by molar-refractivity contribution is 5.69. The molecule has 0 bridgehead atoms. The minimum Gasteiger partial charge on any atom is -0.466 e. The average Bonchev–Trinajstić information content (AvgIpc) is 3.29. The second kappa shape index (κ2) is 52.3. The van der Waals surface area contributed by atoms with Crippen LogP contribution in [0.25, 0.3) is 0 Å². The van der Waals surface area contributed by atoms with Crippen LogP contribution in [0.5, 0.6) is 0 Å². The summed E-state index contributed by atoms with van der Waals surface area (Å²) in [5.41, 5.74) is -0.627. The van der Waals surface area contributed by atoms with E-state index >= 15 is 0 Å². The number of carbonyl (C=O) groups is 2. The molecular weight excluding hydrogens is 795 g/mol. The van der Waals surface area contributed by atoms with Crippen molar-refractivity contribution in [2.24, 2.45) is 0 Å². The third-order valence-electron chi connectivity index (χ3n) is 12.8. The average molecular weight is 904 g/mol. The van der Waals surface area contributed by atoms with Gasteiger partial charge in [0.05, 0.1) is 25.4 Å². The number of allylic oxidation sites excluding steroid dienone is 4. The van der Waals surface area contributed by atoms with Gasteiger partial charge in [0.25, 0.3) is 0 Å². The Kier molecular flexibility index (Phi) is 50.9. The van der Waals surface area contributed by atoms with Gasteiger partial charge in [0.1, 0.15) is 0 Å². The Bertz CT molecular complexity index is 948. The van der Waals surface area contributed by atoms with Crippen molar-refractivity contribution in [2.45, 2.75) is 290 Å². The number of unbranched alkanes of at least 4 members (excludes halogenated alkanes) is 29. The molecule has 378 valence electrons. The monoisotopic (exact) mass is 904 g/mol. The van der Waals surface area contributed by atoms with Crippen LogP contribution in [0.15, 0.2) is 24.3 Å². The number of hydrogen-bond donors (Lipinski definition) is 2. The first-order chi connectivity index (χ1) is 31.5. The van der Waals surface area contributed by atoms with Crippen LogP contribution >= 0.6 is 0 Å². The van der Waals surface area contributed by atoms with E-state index in [1.807, 2.05) is 6.92 Å². The summed E-state index contributed by atoms with van der Waals surface area (Å²) in [6.45, 7) is 10.9. The minimum atomic E-state index is -0.627. The molecule has 0 rings (SSSR count).